The van der Waals surface area contributed by atoms with Crippen LogP contribution in [-0.2, 0) is 0 Å². The van der Waals surface area contributed by atoms with E-state index in [1.54, 1.807) is 6.07 Å². The van der Waals surface area contributed by atoms with Gasteiger partial charge in [0, 0.05) is 0 Å². The van der Waals surface area contributed by atoms with Crippen LogP contribution in [0.25, 0.3) is 10.9 Å². The Bertz CT molecular complexity index is 614. The lowest BCUT2D eigenvalue weighted by molar-refractivity contribution is -0.880. The van der Waals surface area contributed by atoms with Gasteiger partial charge in [-0.3, -0.25) is 9.78 Å². The van der Waals surface area contributed by atoms with Crippen LogP contribution < -0.4 is 15.4 Å². The molecule has 2 aromatic rings. The summed E-state index contributed by atoms with van der Waals surface area (Å²) in [7, 11) is 2.19. The third-order valence-electron chi connectivity index (χ3n) is 3.52. The van der Waals surface area contributed by atoms with Gasteiger partial charge < -0.3 is 9.80 Å². The van der Waals surface area contributed by atoms with Crippen molar-refractivity contribution in [2.75, 3.05) is 38.1 Å². The van der Waals surface area contributed by atoms with Crippen molar-refractivity contribution >= 4 is 16.9 Å². The summed E-state index contributed by atoms with van der Waals surface area (Å²) in [6.07, 6.45) is 0. The highest BCUT2D eigenvalue weighted by molar-refractivity contribution is 5.78. The summed E-state index contributed by atoms with van der Waals surface area (Å²) in [6, 6.07) is 7.46. The second kappa shape index (κ2) is 4.42. The standard InChI is InChI=1S/C13H16N4O/c1-16-6-8-17(9-7-16)13-14-11-5-3-2-4-10(11)12(18)15-13/h2-5H,6-9H2,1H3,(H,14,15,18)/p+1. The molecule has 0 bridgehead atoms. The Kier molecular flexibility index (Phi) is 2.76. The highest BCUT2D eigenvalue weighted by atomic mass is 16.1. The molecule has 0 spiro atoms. The Balaban J connectivity index is 2.00. The molecule has 5 heteroatoms. The van der Waals surface area contributed by atoms with Gasteiger partial charge in [0.2, 0.25) is 5.95 Å². The number of H-pyrrole nitrogens is 1. The average molecular weight is 245 g/mol. The van der Waals surface area contributed by atoms with Crippen molar-refractivity contribution in [1.82, 2.24) is 9.97 Å². The van der Waals surface area contributed by atoms with Crippen molar-refractivity contribution < 1.29 is 4.90 Å². The van der Waals surface area contributed by atoms with E-state index in [1.807, 2.05) is 18.2 Å². The Morgan fingerprint density at radius 3 is 2.78 bits per heavy atom. The number of para-hydroxylation sites is 1. The smallest absolute Gasteiger partial charge is 0.260 e. The number of rotatable bonds is 1. The Labute approximate surface area is 105 Å². The number of quaternary nitrogens is 1. The largest absolute Gasteiger partial charge is 0.334 e. The fraction of sp³-hybridized carbons (Fsp3) is 0.385. The molecule has 2 N–H and O–H groups in total. The average Bonchev–Trinajstić information content (AvgIpc) is 2.39. The molecule has 1 saturated heterocycles. The van der Waals surface area contributed by atoms with E-state index in [1.165, 1.54) is 4.90 Å². The van der Waals surface area contributed by atoms with Crippen LogP contribution in [-0.4, -0.2) is 43.2 Å². The number of hydrogen-bond acceptors (Lipinski definition) is 3. The fourth-order valence-electron chi connectivity index (χ4n) is 2.32. The molecule has 1 fully saturated rings. The topological polar surface area (TPSA) is 53.4 Å². The number of nitrogens with one attached hydrogen (secondary N) is 2. The molecule has 0 aliphatic carbocycles. The second-order valence-electron chi connectivity index (χ2n) is 4.85. The van der Waals surface area contributed by atoms with Gasteiger partial charge in [-0.1, -0.05) is 12.1 Å². The van der Waals surface area contributed by atoms with Crippen LogP contribution in [0.15, 0.2) is 29.1 Å². The minimum Gasteiger partial charge on any atom is -0.334 e. The van der Waals surface area contributed by atoms with Gasteiger partial charge in [0.15, 0.2) is 0 Å². The normalized spacial score (nSPS) is 17.3. The van der Waals surface area contributed by atoms with Crippen LogP contribution in [0.2, 0.25) is 0 Å². The van der Waals surface area contributed by atoms with Gasteiger partial charge in [-0.05, 0) is 12.1 Å². The van der Waals surface area contributed by atoms with Crippen molar-refractivity contribution in [1.29, 1.82) is 0 Å². The molecule has 1 aromatic heterocycles. The Hall–Kier alpha value is -1.88. The van der Waals surface area contributed by atoms with Gasteiger partial charge >= 0.3 is 0 Å². The second-order valence-corrected chi connectivity index (χ2v) is 4.85. The number of aromatic nitrogens is 2. The van der Waals surface area contributed by atoms with Gasteiger partial charge in [-0.15, -0.1) is 0 Å². The monoisotopic (exact) mass is 245 g/mol. The molecule has 1 aliphatic rings. The molecule has 1 aliphatic heterocycles. The van der Waals surface area contributed by atoms with E-state index >= 15 is 0 Å². The quantitative estimate of drug-likeness (QED) is 0.695. The van der Waals surface area contributed by atoms with Crippen molar-refractivity contribution in [2.45, 2.75) is 0 Å². The number of benzene rings is 1. The number of likely N-dealkylation sites (N-methyl/N-ethyl adjacent to an activating group) is 1. The van der Waals surface area contributed by atoms with Gasteiger partial charge in [0.25, 0.3) is 5.56 Å². The molecule has 0 saturated carbocycles. The molecule has 18 heavy (non-hydrogen) atoms. The Morgan fingerprint density at radius 2 is 2.00 bits per heavy atom. The summed E-state index contributed by atoms with van der Waals surface area (Å²) in [5.41, 5.74) is 0.712. The summed E-state index contributed by atoms with van der Waals surface area (Å²) < 4.78 is 0. The van der Waals surface area contributed by atoms with Crippen molar-refractivity contribution in [3.63, 3.8) is 0 Å². The van der Waals surface area contributed by atoms with E-state index in [2.05, 4.69) is 21.9 Å². The van der Waals surface area contributed by atoms with Crippen LogP contribution in [0, 0.1) is 0 Å². The van der Waals surface area contributed by atoms with E-state index < -0.39 is 0 Å². The molecule has 3 rings (SSSR count). The van der Waals surface area contributed by atoms with E-state index in [0.29, 0.717) is 11.3 Å². The third-order valence-corrected chi connectivity index (χ3v) is 3.52. The number of piperazine rings is 1. The van der Waals surface area contributed by atoms with E-state index in [0.717, 1.165) is 31.7 Å². The van der Waals surface area contributed by atoms with Crippen molar-refractivity contribution in [3.05, 3.63) is 34.6 Å². The first-order valence-electron chi connectivity index (χ1n) is 6.29. The zero-order valence-electron chi connectivity index (χ0n) is 10.4. The van der Waals surface area contributed by atoms with Gasteiger partial charge in [-0.2, -0.15) is 0 Å². The maximum Gasteiger partial charge on any atom is 0.260 e. The lowest BCUT2D eigenvalue weighted by atomic mass is 10.2. The first kappa shape index (κ1) is 11.2. The molecule has 94 valence electrons. The summed E-state index contributed by atoms with van der Waals surface area (Å²) in [6.45, 7) is 4.04. The van der Waals surface area contributed by atoms with E-state index in [4.69, 9.17) is 0 Å². The summed E-state index contributed by atoms with van der Waals surface area (Å²) in [4.78, 5) is 23.1. The predicted molar refractivity (Wildman–Crippen MR) is 71.2 cm³/mol. The number of nitrogens with zero attached hydrogens (tertiary/aromatic N) is 2. The third kappa shape index (κ3) is 1.97. The molecule has 2 heterocycles. The summed E-state index contributed by atoms with van der Waals surface area (Å²) >= 11 is 0. The SMILES string of the molecule is C[NH+]1CCN(c2nc3ccccc3c(=O)[nH]2)CC1. The maximum absolute atomic E-state index is 12.0. The first-order valence-corrected chi connectivity index (χ1v) is 6.29. The van der Waals surface area contributed by atoms with Crippen LogP contribution in [0.4, 0.5) is 5.95 Å². The lowest BCUT2D eigenvalue weighted by Crippen LogP contribution is -3.12. The molecule has 0 radical (unpaired) electrons. The number of hydrogen-bond donors (Lipinski definition) is 2. The van der Waals surface area contributed by atoms with Gasteiger partial charge in [0.05, 0.1) is 44.1 Å². The lowest BCUT2D eigenvalue weighted by Gasteiger charge is -2.30. The minimum absolute atomic E-state index is 0.0538. The minimum atomic E-state index is -0.0538. The molecule has 1 aromatic carbocycles. The summed E-state index contributed by atoms with van der Waals surface area (Å²) in [5, 5.41) is 0.654. The zero-order valence-corrected chi connectivity index (χ0v) is 10.4. The molecule has 0 amide bonds. The van der Waals surface area contributed by atoms with Crippen molar-refractivity contribution in [3.8, 4) is 0 Å². The van der Waals surface area contributed by atoms with Gasteiger partial charge in [0.1, 0.15) is 0 Å². The molecule has 0 atom stereocenters. The van der Waals surface area contributed by atoms with E-state index in [-0.39, 0.29) is 5.56 Å². The molecule has 5 nitrogen and oxygen atoms in total. The van der Waals surface area contributed by atoms with Crippen LogP contribution in [0.1, 0.15) is 0 Å². The maximum atomic E-state index is 12.0. The molecule has 0 unspecified atom stereocenters. The van der Waals surface area contributed by atoms with Crippen LogP contribution >= 0.6 is 0 Å². The predicted octanol–water partition coefficient (Wildman–Crippen LogP) is -0.742. The van der Waals surface area contributed by atoms with Crippen molar-refractivity contribution in [2.24, 2.45) is 0 Å². The summed E-state index contributed by atoms with van der Waals surface area (Å²) in [5.74, 6) is 0.700. The zero-order chi connectivity index (χ0) is 12.5. The fourth-order valence-corrected chi connectivity index (χ4v) is 2.32. The number of anilines is 1. The van der Waals surface area contributed by atoms with Crippen LogP contribution in [0.5, 0.6) is 0 Å². The molecular weight excluding hydrogens is 228 g/mol. The molecular formula is C13H17N4O+. The number of fused-ring (bicyclic) bond motifs is 1. The van der Waals surface area contributed by atoms with Gasteiger partial charge in [-0.25, -0.2) is 4.98 Å². The highest BCUT2D eigenvalue weighted by Crippen LogP contribution is 2.11. The Morgan fingerprint density at radius 1 is 1.28 bits per heavy atom. The highest BCUT2D eigenvalue weighted by Gasteiger charge is 2.19. The first-order chi connectivity index (χ1) is 8.74. The number of aromatic amines is 1. The van der Waals surface area contributed by atoms with Crippen LogP contribution in [0.3, 0.4) is 0 Å². The van der Waals surface area contributed by atoms with E-state index in [9.17, 15) is 4.79 Å².